The van der Waals surface area contributed by atoms with Crippen LogP contribution in [0.2, 0.25) is 0 Å². The topological polar surface area (TPSA) is 17.1 Å². The van der Waals surface area contributed by atoms with Crippen molar-refractivity contribution < 1.29 is 4.79 Å². The number of rotatable bonds is 1. The van der Waals surface area contributed by atoms with Crippen molar-refractivity contribution in [2.45, 2.75) is 0 Å². The van der Waals surface area contributed by atoms with E-state index in [1.165, 1.54) is 11.1 Å². The number of carbonyl (C=O) groups is 1. The quantitative estimate of drug-likeness (QED) is 0.424. The third-order valence-electron chi connectivity index (χ3n) is 1.34. The molecule has 48 valence electrons. The van der Waals surface area contributed by atoms with E-state index < -0.39 is 0 Å². The van der Waals surface area contributed by atoms with Crippen LogP contribution in [0, 0.1) is 12.8 Å². The van der Waals surface area contributed by atoms with Crippen LogP contribution in [-0.4, -0.2) is 6.29 Å². The van der Waals surface area contributed by atoms with Crippen LogP contribution in [0.4, 0.5) is 0 Å². The van der Waals surface area contributed by atoms with Crippen LogP contribution < -0.4 is 0 Å². The summed E-state index contributed by atoms with van der Waals surface area (Å²) in [5, 5.41) is 0. The second-order valence-electron chi connectivity index (χ2n) is 1.96. The molecule has 0 N–H and O–H groups in total. The maximum atomic E-state index is 10.0. The van der Waals surface area contributed by atoms with Crippen molar-refractivity contribution in [3.8, 4) is 24.0 Å². The van der Waals surface area contributed by atoms with Crippen LogP contribution >= 0.6 is 0 Å². The Labute approximate surface area is 59.7 Å². The van der Waals surface area contributed by atoms with Crippen LogP contribution in [0.3, 0.4) is 0 Å². The van der Waals surface area contributed by atoms with Gasteiger partial charge in [0.2, 0.25) is 0 Å². The lowest BCUT2D eigenvalue weighted by atomic mass is 10.4. The van der Waals surface area contributed by atoms with Gasteiger partial charge in [0.15, 0.2) is 0 Å². The van der Waals surface area contributed by atoms with E-state index in [0.717, 1.165) is 11.8 Å². The van der Waals surface area contributed by atoms with Gasteiger partial charge in [-0.2, -0.15) is 0 Å². The van der Waals surface area contributed by atoms with Gasteiger partial charge in [-0.1, -0.05) is 0 Å². The lowest BCUT2D eigenvalue weighted by Crippen LogP contribution is -1.66. The number of benzene rings is 1. The molecule has 0 radical (unpaired) electrons. The summed E-state index contributed by atoms with van der Waals surface area (Å²) in [6.45, 7) is 0. The largest absolute Gasteiger partial charge is 0.298 e. The maximum absolute atomic E-state index is 10.0. The van der Waals surface area contributed by atoms with Crippen molar-refractivity contribution >= 4 is 6.29 Å². The van der Waals surface area contributed by atoms with Gasteiger partial charge in [-0.05, 0) is 29.3 Å². The molecule has 0 atom stereocenters. The highest BCUT2D eigenvalue weighted by Crippen LogP contribution is 2.35. The molecular weight excluding hydrogens is 124 g/mol. The Morgan fingerprint density at radius 3 is 1.90 bits per heavy atom. The molecule has 0 spiro atoms. The van der Waals surface area contributed by atoms with Gasteiger partial charge >= 0.3 is 0 Å². The van der Waals surface area contributed by atoms with Crippen LogP contribution in [0.15, 0.2) is 18.2 Å². The Balaban J connectivity index is 0.000000231. The molecule has 2 rings (SSSR count). The Kier molecular flexibility index (Phi) is 1.55. The molecule has 0 unspecified atom stereocenters. The zero-order valence-corrected chi connectivity index (χ0v) is 5.37. The molecule has 0 amide bonds. The standard InChI is InChI=1S/C7H4O.C2H2/c8-4-5-1-6-3-7(6)2-5;1-2/h1-4H;1-2H. The third-order valence-corrected chi connectivity index (χ3v) is 1.34. The van der Waals surface area contributed by atoms with Crippen molar-refractivity contribution in [1.82, 2.24) is 0 Å². The lowest BCUT2D eigenvalue weighted by molar-refractivity contribution is 0.112. The number of terminal acetylenes is 1. The first-order valence-electron chi connectivity index (χ1n) is 2.84. The molecule has 0 fully saturated rings. The van der Waals surface area contributed by atoms with Crippen molar-refractivity contribution in [2.75, 3.05) is 0 Å². The highest BCUT2D eigenvalue weighted by Gasteiger charge is 2.12. The van der Waals surface area contributed by atoms with Crippen molar-refractivity contribution in [1.29, 1.82) is 0 Å². The van der Waals surface area contributed by atoms with E-state index in [-0.39, 0.29) is 0 Å². The van der Waals surface area contributed by atoms with Crippen LogP contribution in [0.5, 0.6) is 0 Å². The monoisotopic (exact) mass is 130 g/mol. The fourth-order valence-corrected chi connectivity index (χ4v) is 0.850. The summed E-state index contributed by atoms with van der Waals surface area (Å²) in [7, 11) is 0. The second-order valence-corrected chi connectivity index (χ2v) is 1.96. The summed E-state index contributed by atoms with van der Waals surface area (Å²) >= 11 is 0. The second kappa shape index (κ2) is 2.36. The summed E-state index contributed by atoms with van der Waals surface area (Å²) < 4.78 is 0. The van der Waals surface area contributed by atoms with E-state index in [9.17, 15) is 4.79 Å². The van der Waals surface area contributed by atoms with Crippen molar-refractivity contribution in [3.63, 3.8) is 0 Å². The molecule has 2 aliphatic rings. The Morgan fingerprint density at radius 2 is 1.60 bits per heavy atom. The molecule has 0 aromatic rings. The summed E-state index contributed by atoms with van der Waals surface area (Å²) in [5.74, 6) is 0. The minimum absolute atomic E-state index is 0.803. The fourth-order valence-electron chi connectivity index (χ4n) is 0.850. The first-order valence-corrected chi connectivity index (χ1v) is 2.84. The fraction of sp³-hybridized carbons (Fsp3) is 0. The number of hydrogen-bond acceptors (Lipinski definition) is 1. The van der Waals surface area contributed by atoms with Crippen LogP contribution in [-0.2, 0) is 0 Å². The van der Waals surface area contributed by atoms with E-state index in [1.54, 1.807) is 0 Å². The molecule has 1 heteroatoms. The van der Waals surface area contributed by atoms with Gasteiger partial charge in [-0.15, -0.1) is 12.8 Å². The smallest absolute Gasteiger partial charge is 0.150 e. The molecular formula is C9H6O. The van der Waals surface area contributed by atoms with E-state index in [1.807, 2.05) is 18.2 Å². The molecule has 0 saturated carbocycles. The van der Waals surface area contributed by atoms with Gasteiger partial charge in [0, 0.05) is 5.56 Å². The summed E-state index contributed by atoms with van der Waals surface area (Å²) in [5.41, 5.74) is 3.26. The number of hydrogen-bond donors (Lipinski definition) is 0. The zero-order valence-electron chi connectivity index (χ0n) is 5.37. The minimum Gasteiger partial charge on any atom is -0.298 e. The Hall–Kier alpha value is -1.55. The van der Waals surface area contributed by atoms with Crippen molar-refractivity contribution in [2.24, 2.45) is 0 Å². The van der Waals surface area contributed by atoms with Gasteiger partial charge in [0.1, 0.15) is 6.29 Å². The normalized spacial score (nSPS) is 9.00. The lowest BCUT2D eigenvalue weighted by Gasteiger charge is -1.69. The molecule has 0 aromatic carbocycles. The number of aldehydes is 1. The molecule has 0 heterocycles. The first kappa shape index (κ1) is 6.57. The predicted molar refractivity (Wildman–Crippen MR) is 40.7 cm³/mol. The molecule has 1 nitrogen and oxygen atoms in total. The summed E-state index contributed by atoms with van der Waals surface area (Å²) in [4.78, 5) is 10.0. The highest BCUT2D eigenvalue weighted by atomic mass is 16.1. The van der Waals surface area contributed by atoms with Crippen LogP contribution in [0.25, 0.3) is 11.1 Å². The average Bonchev–Trinajstić information content (AvgIpc) is 2.63. The molecule has 2 aliphatic carbocycles. The van der Waals surface area contributed by atoms with E-state index in [2.05, 4.69) is 12.8 Å². The highest BCUT2D eigenvalue weighted by molar-refractivity contribution is 5.91. The van der Waals surface area contributed by atoms with Gasteiger partial charge in [-0.3, -0.25) is 4.79 Å². The molecule has 0 aliphatic heterocycles. The summed E-state index contributed by atoms with van der Waals surface area (Å²) in [6, 6.07) is 5.83. The minimum atomic E-state index is 0.803. The number of fused-ring (bicyclic) bond motifs is 1. The third kappa shape index (κ3) is 0.918. The van der Waals surface area contributed by atoms with Crippen LogP contribution in [0.1, 0.15) is 10.4 Å². The van der Waals surface area contributed by atoms with Gasteiger partial charge in [0.05, 0.1) is 0 Å². The van der Waals surface area contributed by atoms with E-state index >= 15 is 0 Å². The van der Waals surface area contributed by atoms with Gasteiger partial charge in [0.25, 0.3) is 0 Å². The molecule has 0 bridgehead atoms. The van der Waals surface area contributed by atoms with Gasteiger partial charge < -0.3 is 0 Å². The predicted octanol–water partition coefficient (Wildman–Crippen LogP) is 1.73. The van der Waals surface area contributed by atoms with E-state index in [4.69, 9.17) is 0 Å². The maximum Gasteiger partial charge on any atom is 0.150 e. The van der Waals surface area contributed by atoms with Gasteiger partial charge in [-0.25, -0.2) is 0 Å². The molecule has 0 aromatic heterocycles. The molecule has 0 saturated heterocycles. The molecule has 10 heavy (non-hydrogen) atoms. The first-order chi connectivity index (χ1) is 4.90. The van der Waals surface area contributed by atoms with Crippen molar-refractivity contribution in [3.05, 3.63) is 23.8 Å². The number of carbonyl (C=O) groups excluding carboxylic acids is 1. The Morgan fingerprint density at radius 1 is 1.10 bits per heavy atom. The van der Waals surface area contributed by atoms with E-state index in [0.29, 0.717) is 0 Å². The SMILES string of the molecule is C#C.O=Cc1cc2cc-2c1. The Bertz CT molecular complexity index is 264. The summed E-state index contributed by atoms with van der Waals surface area (Å²) in [6.07, 6.45) is 8.88. The zero-order chi connectivity index (χ0) is 7.56. The average molecular weight is 130 g/mol.